The van der Waals surface area contributed by atoms with Crippen molar-refractivity contribution in [2.45, 2.75) is 94.0 Å². The van der Waals surface area contributed by atoms with Gasteiger partial charge in [0.25, 0.3) is 0 Å². The largest absolute Gasteiger partial charge is 0.481 e. The van der Waals surface area contributed by atoms with Crippen LogP contribution in [-0.2, 0) is 54.4 Å². The number of fused-ring (bicyclic) bond motifs is 1. The van der Waals surface area contributed by atoms with Crippen LogP contribution in [0.4, 0.5) is 4.79 Å². The highest BCUT2D eigenvalue weighted by molar-refractivity contribution is 7.81. The fraction of sp³-hybridized carbons (Fsp3) is 0.533. The number of nitrogens with zero attached hydrogens (tertiary/aromatic N) is 1. The van der Waals surface area contributed by atoms with Gasteiger partial charge in [-0.15, -0.1) is 0 Å². The third-order valence-electron chi connectivity index (χ3n) is 11.4. The molecule has 2 aromatic carbocycles. The number of piperidine rings is 1. The number of hydrogen-bond donors (Lipinski definition) is 15. The summed E-state index contributed by atoms with van der Waals surface area (Å²) in [5.74, 6) is -10.0. The van der Waals surface area contributed by atoms with Crippen molar-refractivity contribution >= 4 is 88.7 Å². The molecule has 6 unspecified atom stereocenters. The molecule has 1 aliphatic heterocycles. The SMILES string of the molecule is O=C(O)CCC(NC(=O)NC(CCCCNC(=O)C(Cc1ccc2ccccc2c1)NC(=O)C1CCN(C(=O)CCNC(=O)C(CO)NC(=O)C(CO)NC(=O)C(CO)NC(=O)CS)CC1)C(=O)O)C(=O)O. The van der Waals surface area contributed by atoms with Crippen LogP contribution in [-0.4, -0.2) is 189 Å². The first-order valence-electron chi connectivity index (χ1n) is 23.0. The molecule has 1 heterocycles. The van der Waals surface area contributed by atoms with Crippen molar-refractivity contribution in [3.63, 3.8) is 0 Å². The van der Waals surface area contributed by atoms with Crippen molar-refractivity contribution in [2.24, 2.45) is 5.92 Å². The molecule has 27 heteroatoms. The summed E-state index contributed by atoms with van der Waals surface area (Å²) in [6.45, 7) is -2.49. The molecule has 396 valence electrons. The van der Waals surface area contributed by atoms with E-state index in [1.165, 1.54) is 4.90 Å². The number of carboxylic acids is 3. The lowest BCUT2D eigenvalue weighted by Crippen LogP contribution is -2.59. The monoisotopic (exact) mass is 1030 g/mol. The van der Waals surface area contributed by atoms with Gasteiger partial charge < -0.3 is 78.1 Å². The average Bonchev–Trinajstić information content (AvgIpc) is 3.36. The van der Waals surface area contributed by atoms with Gasteiger partial charge in [-0.2, -0.15) is 12.6 Å². The molecule has 1 fully saturated rings. The molecule has 0 saturated carbocycles. The quantitative estimate of drug-likeness (QED) is 0.0265. The van der Waals surface area contributed by atoms with Gasteiger partial charge in [0.1, 0.15) is 36.3 Å². The molecule has 0 radical (unpaired) electrons. The number of rotatable bonds is 30. The molecule has 0 aliphatic carbocycles. The van der Waals surface area contributed by atoms with Gasteiger partial charge >= 0.3 is 23.9 Å². The number of thiol groups is 1. The number of urea groups is 1. The second-order valence-electron chi connectivity index (χ2n) is 16.7. The Hall–Kier alpha value is -7.10. The normalized spacial score (nSPS) is 15.0. The van der Waals surface area contributed by atoms with Crippen LogP contribution >= 0.6 is 12.6 Å². The number of nitrogens with one attached hydrogen (secondary N) is 8. The molecule has 1 saturated heterocycles. The van der Waals surface area contributed by atoms with E-state index in [0.29, 0.717) is 0 Å². The zero-order chi connectivity index (χ0) is 53.3. The predicted octanol–water partition coefficient (Wildman–Crippen LogP) is -3.67. The lowest BCUT2D eigenvalue weighted by Gasteiger charge is -2.32. The smallest absolute Gasteiger partial charge is 0.326 e. The average molecular weight is 1030 g/mol. The Kier molecular flexibility index (Phi) is 25.2. The standard InChI is InChI=1S/C45H63N9O17S/c55-21-32(50-42(66)34(23-57)51-41(65)33(22-56)48-35(58)24-72)40(64)47-16-12-36(59)54-17-13-27(14-18-54)38(62)49-31(20-25-8-9-26-5-1-2-6-28(26)19-25)39(63)46-15-4-3-7-29(43(67)68)52-45(71)53-30(44(69)70)10-11-37(60)61/h1-2,5-6,8-9,19,27,29-34,55-57,72H,3-4,7,10-18,20-24H2,(H,46,63)(H,47,64)(H,48,58)(H,49,62)(H,50,66)(H,51,65)(H,60,61)(H,67,68)(H,69,70)(H2,52,53,71). The van der Waals surface area contributed by atoms with Crippen LogP contribution in [0.15, 0.2) is 42.5 Å². The molecule has 26 nitrogen and oxygen atoms in total. The van der Waals surface area contributed by atoms with Gasteiger partial charge in [0, 0.05) is 51.4 Å². The molecular formula is C45H63N9O17S. The number of benzene rings is 2. The van der Waals surface area contributed by atoms with Crippen LogP contribution < -0.4 is 42.5 Å². The number of carbonyl (C=O) groups excluding carboxylic acids is 8. The van der Waals surface area contributed by atoms with Gasteiger partial charge in [-0.25, -0.2) is 14.4 Å². The maximum Gasteiger partial charge on any atom is 0.326 e. The summed E-state index contributed by atoms with van der Waals surface area (Å²) >= 11 is 3.76. The number of amides is 9. The van der Waals surface area contributed by atoms with E-state index >= 15 is 0 Å². The maximum absolute atomic E-state index is 13.7. The molecule has 72 heavy (non-hydrogen) atoms. The third kappa shape index (κ3) is 20.0. The summed E-state index contributed by atoms with van der Waals surface area (Å²) in [6.07, 6.45) is -0.229. The molecule has 9 amide bonds. The summed E-state index contributed by atoms with van der Waals surface area (Å²) in [7, 11) is 0. The van der Waals surface area contributed by atoms with Gasteiger partial charge in [0.2, 0.25) is 41.4 Å². The van der Waals surface area contributed by atoms with Crippen molar-refractivity contribution in [3.8, 4) is 0 Å². The number of unbranched alkanes of at least 4 members (excludes halogenated alkanes) is 1. The molecular weight excluding hydrogens is 971 g/mol. The van der Waals surface area contributed by atoms with Crippen LogP contribution in [0.1, 0.15) is 56.9 Å². The molecule has 14 N–H and O–H groups in total. The van der Waals surface area contributed by atoms with E-state index in [1.807, 2.05) is 42.5 Å². The fourth-order valence-electron chi connectivity index (χ4n) is 7.38. The van der Waals surface area contributed by atoms with Crippen LogP contribution in [0.3, 0.4) is 0 Å². The summed E-state index contributed by atoms with van der Waals surface area (Å²) < 4.78 is 0. The Morgan fingerprint density at radius 3 is 1.69 bits per heavy atom. The van der Waals surface area contributed by atoms with Crippen molar-refractivity contribution in [3.05, 3.63) is 48.0 Å². The van der Waals surface area contributed by atoms with Crippen molar-refractivity contribution in [2.75, 3.05) is 51.8 Å². The number of likely N-dealkylation sites (tertiary alicyclic amines) is 1. The first-order valence-corrected chi connectivity index (χ1v) is 23.6. The minimum Gasteiger partial charge on any atom is -0.481 e. The van der Waals surface area contributed by atoms with Crippen molar-refractivity contribution in [1.82, 2.24) is 47.4 Å². The van der Waals surface area contributed by atoms with E-state index < -0.39 is 134 Å². The van der Waals surface area contributed by atoms with Gasteiger partial charge in [-0.3, -0.25) is 38.4 Å². The topological polar surface area (TPSA) is 409 Å². The number of hydrogen-bond acceptors (Lipinski definition) is 15. The van der Waals surface area contributed by atoms with Gasteiger partial charge in [0.05, 0.1) is 25.6 Å². The summed E-state index contributed by atoms with van der Waals surface area (Å²) in [5.41, 5.74) is 0.749. The second kappa shape index (κ2) is 30.6. The zero-order valence-electron chi connectivity index (χ0n) is 39.2. The van der Waals surface area contributed by atoms with Crippen molar-refractivity contribution in [1.29, 1.82) is 0 Å². The highest BCUT2D eigenvalue weighted by Crippen LogP contribution is 2.20. The maximum atomic E-state index is 13.7. The highest BCUT2D eigenvalue weighted by atomic mass is 32.1. The summed E-state index contributed by atoms with van der Waals surface area (Å²) in [5, 5.41) is 77.3. The van der Waals surface area contributed by atoms with Gasteiger partial charge in [-0.05, 0) is 54.9 Å². The van der Waals surface area contributed by atoms with Crippen LogP contribution in [0.5, 0.6) is 0 Å². The Morgan fingerprint density at radius 2 is 1.12 bits per heavy atom. The first-order chi connectivity index (χ1) is 34.3. The van der Waals surface area contributed by atoms with E-state index in [0.717, 1.165) is 16.3 Å². The number of carboxylic acid groups (broad SMARTS) is 3. The van der Waals surface area contributed by atoms with E-state index in [-0.39, 0.29) is 82.8 Å². The zero-order valence-corrected chi connectivity index (χ0v) is 40.1. The van der Waals surface area contributed by atoms with Crippen LogP contribution in [0.25, 0.3) is 10.8 Å². The Morgan fingerprint density at radius 1 is 0.583 bits per heavy atom. The van der Waals surface area contributed by atoms with Crippen LogP contribution in [0.2, 0.25) is 0 Å². The number of aliphatic hydroxyl groups is 3. The Balaban J connectivity index is 1.52. The molecule has 0 bridgehead atoms. The molecule has 3 rings (SSSR count). The van der Waals surface area contributed by atoms with E-state index in [9.17, 15) is 78.3 Å². The lowest BCUT2D eigenvalue weighted by atomic mass is 9.94. The Bertz CT molecular complexity index is 2250. The molecule has 0 aromatic heterocycles. The fourth-order valence-corrected chi connectivity index (χ4v) is 7.47. The lowest BCUT2D eigenvalue weighted by molar-refractivity contribution is -0.141. The van der Waals surface area contributed by atoms with Gasteiger partial charge in [0.15, 0.2) is 0 Å². The minimum atomic E-state index is -1.64. The summed E-state index contributed by atoms with van der Waals surface area (Å²) in [6, 6.07) is 3.38. The predicted molar refractivity (Wildman–Crippen MR) is 256 cm³/mol. The second-order valence-corrected chi connectivity index (χ2v) is 17.0. The van der Waals surface area contributed by atoms with E-state index in [1.54, 1.807) is 0 Å². The highest BCUT2D eigenvalue weighted by Gasteiger charge is 2.32. The molecule has 2 aromatic rings. The molecule has 1 aliphatic rings. The Labute approximate surface area is 418 Å². The molecule has 0 spiro atoms. The first kappa shape index (κ1) is 59.2. The minimum absolute atomic E-state index is 0.0602. The number of aliphatic carboxylic acids is 3. The third-order valence-corrected chi connectivity index (χ3v) is 11.7. The van der Waals surface area contributed by atoms with Gasteiger partial charge in [-0.1, -0.05) is 42.5 Å². The summed E-state index contributed by atoms with van der Waals surface area (Å²) in [4.78, 5) is 138. The molecule has 6 atom stereocenters. The van der Waals surface area contributed by atoms with Crippen LogP contribution in [0, 0.1) is 5.92 Å². The number of aliphatic hydroxyl groups excluding tert-OH is 3. The van der Waals surface area contributed by atoms with E-state index in [4.69, 9.17) is 5.11 Å². The number of carbonyl (C=O) groups is 11. The van der Waals surface area contributed by atoms with E-state index in [2.05, 4.69) is 55.2 Å². The van der Waals surface area contributed by atoms with Crippen molar-refractivity contribution < 1.29 is 83.4 Å².